The van der Waals surface area contributed by atoms with Crippen molar-refractivity contribution in [3.05, 3.63) is 0 Å². The summed E-state index contributed by atoms with van der Waals surface area (Å²) in [6.45, 7) is 2.05. The lowest BCUT2D eigenvalue weighted by atomic mass is 10.2. The highest BCUT2D eigenvalue weighted by molar-refractivity contribution is 7.99. The van der Waals surface area contributed by atoms with Gasteiger partial charge in [0.15, 0.2) is 0 Å². The van der Waals surface area contributed by atoms with Gasteiger partial charge in [0.25, 0.3) is 0 Å². The van der Waals surface area contributed by atoms with Crippen LogP contribution in [0.5, 0.6) is 0 Å². The van der Waals surface area contributed by atoms with Crippen LogP contribution in [0.3, 0.4) is 0 Å². The topological polar surface area (TPSA) is 57.7 Å². The Morgan fingerprint density at radius 1 is 0.952 bits per heavy atom. The molecule has 3 rings (SSSR count). The van der Waals surface area contributed by atoms with E-state index in [4.69, 9.17) is 0 Å². The Morgan fingerprint density at radius 2 is 1.62 bits per heavy atom. The SMILES string of the molecule is O=C([C@@H]1CCCN1S(=O)(=O)C1CCCC1)N1CCSCC1. The Morgan fingerprint density at radius 3 is 2.29 bits per heavy atom. The lowest BCUT2D eigenvalue weighted by molar-refractivity contribution is -0.134. The van der Waals surface area contributed by atoms with E-state index in [1.807, 2.05) is 16.7 Å². The molecule has 0 spiro atoms. The van der Waals surface area contributed by atoms with Crippen molar-refractivity contribution in [3.8, 4) is 0 Å². The van der Waals surface area contributed by atoms with E-state index < -0.39 is 16.1 Å². The Labute approximate surface area is 131 Å². The standard InChI is InChI=1S/C14H24N2O3S2/c17-14(15-8-10-20-11-9-15)13-6-3-7-16(13)21(18,19)12-4-1-2-5-12/h12-13H,1-11H2/t13-/m0/s1. The van der Waals surface area contributed by atoms with Gasteiger partial charge in [0.05, 0.1) is 5.25 Å². The van der Waals surface area contributed by atoms with E-state index in [0.717, 1.165) is 56.7 Å². The molecule has 0 bridgehead atoms. The molecule has 5 nitrogen and oxygen atoms in total. The second kappa shape index (κ2) is 6.46. The number of nitrogens with zero attached hydrogens (tertiary/aromatic N) is 2. The molecule has 0 aromatic heterocycles. The average Bonchev–Trinajstić information content (AvgIpc) is 3.19. The third kappa shape index (κ3) is 3.10. The van der Waals surface area contributed by atoms with E-state index in [9.17, 15) is 13.2 Å². The Kier molecular flexibility index (Phi) is 4.81. The molecule has 2 heterocycles. The van der Waals surface area contributed by atoms with Gasteiger partial charge in [-0.25, -0.2) is 8.42 Å². The minimum Gasteiger partial charge on any atom is -0.340 e. The minimum absolute atomic E-state index is 0.0365. The molecule has 0 aromatic rings. The molecule has 7 heteroatoms. The molecule has 0 N–H and O–H groups in total. The summed E-state index contributed by atoms with van der Waals surface area (Å²) < 4.78 is 27.1. The summed E-state index contributed by atoms with van der Waals surface area (Å²) in [6, 6.07) is -0.432. The van der Waals surface area contributed by atoms with Crippen LogP contribution in [0.2, 0.25) is 0 Å². The third-order valence-corrected chi connectivity index (χ3v) is 8.21. The van der Waals surface area contributed by atoms with Crippen LogP contribution >= 0.6 is 11.8 Å². The molecular formula is C14H24N2O3S2. The molecule has 3 aliphatic rings. The van der Waals surface area contributed by atoms with Gasteiger partial charge >= 0.3 is 0 Å². The van der Waals surface area contributed by atoms with Crippen LogP contribution < -0.4 is 0 Å². The summed E-state index contributed by atoms with van der Waals surface area (Å²) in [6.07, 6.45) is 5.03. The molecule has 3 fully saturated rings. The Hall–Kier alpha value is -0.270. The van der Waals surface area contributed by atoms with Crippen molar-refractivity contribution in [1.29, 1.82) is 0 Å². The van der Waals surface area contributed by atoms with Gasteiger partial charge in [-0.05, 0) is 25.7 Å². The zero-order valence-corrected chi connectivity index (χ0v) is 14.0. The fourth-order valence-electron chi connectivity index (χ4n) is 3.66. The Balaban J connectivity index is 1.73. The largest absolute Gasteiger partial charge is 0.340 e. The molecule has 0 aromatic carbocycles. The number of hydrogen-bond donors (Lipinski definition) is 0. The van der Waals surface area contributed by atoms with Crippen molar-refractivity contribution in [2.75, 3.05) is 31.1 Å². The van der Waals surface area contributed by atoms with Gasteiger partial charge in [-0.15, -0.1) is 0 Å². The normalized spacial score (nSPS) is 29.1. The summed E-state index contributed by atoms with van der Waals surface area (Å²) in [5, 5.41) is -0.247. The lowest BCUT2D eigenvalue weighted by Crippen LogP contribution is -2.51. The van der Waals surface area contributed by atoms with Crippen LogP contribution in [-0.2, 0) is 14.8 Å². The molecule has 120 valence electrons. The van der Waals surface area contributed by atoms with Crippen LogP contribution in [0, 0.1) is 0 Å². The maximum absolute atomic E-state index is 12.8. The van der Waals surface area contributed by atoms with Crippen LogP contribution in [0.25, 0.3) is 0 Å². The third-order valence-electron chi connectivity index (χ3n) is 4.86. The molecule has 1 amide bonds. The average molecular weight is 332 g/mol. The fourth-order valence-corrected chi connectivity index (χ4v) is 6.81. The number of carbonyl (C=O) groups excluding carboxylic acids is 1. The molecule has 2 saturated heterocycles. The number of rotatable bonds is 3. The minimum atomic E-state index is -3.29. The van der Waals surface area contributed by atoms with Crippen LogP contribution in [0.1, 0.15) is 38.5 Å². The van der Waals surface area contributed by atoms with Crippen molar-refractivity contribution >= 4 is 27.7 Å². The highest BCUT2D eigenvalue weighted by Crippen LogP contribution is 2.32. The van der Waals surface area contributed by atoms with E-state index >= 15 is 0 Å². The predicted molar refractivity (Wildman–Crippen MR) is 84.8 cm³/mol. The van der Waals surface area contributed by atoms with Crippen molar-refractivity contribution < 1.29 is 13.2 Å². The predicted octanol–water partition coefficient (Wildman–Crippen LogP) is 1.30. The lowest BCUT2D eigenvalue weighted by Gasteiger charge is -2.33. The first kappa shape index (κ1) is 15.6. The first-order chi connectivity index (χ1) is 10.1. The van der Waals surface area contributed by atoms with Gasteiger partial charge < -0.3 is 4.90 Å². The van der Waals surface area contributed by atoms with Crippen molar-refractivity contribution in [2.24, 2.45) is 0 Å². The monoisotopic (exact) mass is 332 g/mol. The smallest absolute Gasteiger partial charge is 0.241 e. The summed E-state index contributed by atoms with van der Waals surface area (Å²) in [5.74, 6) is 1.97. The number of sulfonamides is 1. The number of carbonyl (C=O) groups is 1. The summed E-state index contributed by atoms with van der Waals surface area (Å²) in [4.78, 5) is 14.5. The summed E-state index contributed by atoms with van der Waals surface area (Å²) in [5.41, 5.74) is 0. The molecule has 1 atom stereocenters. The molecule has 2 aliphatic heterocycles. The second-order valence-electron chi connectivity index (χ2n) is 6.16. The fraction of sp³-hybridized carbons (Fsp3) is 0.929. The molecule has 0 unspecified atom stereocenters. The molecule has 1 saturated carbocycles. The van der Waals surface area contributed by atoms with Crippen molar-refractivity contribution in [3.63, 3.8) is 0 Å². The van der Waals surface area contributed by atoms with Crippen molar-refractivity contribution in [1.82, 2.24) is 9.21 Å². The number of hydrogen-bond acceptors (Lipinski definition) is 4. The number of thioether (sulfide) groups is 1. The zero-order valence-electron chi connectivity index (χ0n) is 12.4. The quantitative estimate of drug-likeness (QED) is 0.782. The summed E-state index contributed by atoms with van der Waals surface area (Å²) in [7, 11) is -3.29. The van der Waals surface area contributed by atoms with Crippen LogP contribution in [0.15, 0.2) is 0 Å². The summed E-state index contributed by atoms with van der Waals surface area (Å²) >= 11 is 1.86. The van der Waals surface area contributed by atoms with Gasteiger partial charge in [-0.2, -0.15) is 16.1 Å². The highest BCUT2D eigenvalue weighted by Gasteiger charge is 2.44. The first-order valence-corrected chi connectivity index (χ1v) is 10.6. The van der Waals surface area contributed by atoms with E-state index in [2.05, 4.69) is 0 Å². The maximum Gasteiger partial charge on any atom is 0.241 e. The zero-order chi connectivity index (χ0) is 14.9. The highest BCUT2D eigenvalue weighted by atomic mass is 32.2. The van der Waals surface area contributed by atoms with Gasteiger partial charge in [-0.1, -0.05) is 12.8 Å². The molecular weight excluding hydrogens is 308 g/mol. The molecule has 1 aliphatic carbocycles. The van der Waals surface area contributed by atoms with Gasteiger partial charge in [0.1, 0.15) is 6.04 Å². The van der Waals surface area contributed by atoms with E-state index in [1.54, 1.807) is 0 Å². The van der Waals surface area contributed by atoms with Crippen LogP contribution in [-0.4, -0.2) is 66.0 Å². The molecule has 0 radical (unpaired) electrons. The first-order valence-electron chi connectivity index (χ1n) is 7.98. The second-order valence-corrected chi connectivity index (χ2v) is 9.55. The Bertz CT molecular complexity index is 482. The maximum atomic E-state index is 12.8. The van der Waals surface area contributed by atoms with Gasteiger partial charge in [0.2, 0.25) is 15.9 Å². The van der Waals surface area contributed by atoms with Gasteiger partial charge in [-0.3, -0.25) is 4.79 Å². The van der Waals surface area contributed by atoms with Crippen molar-refractivity contribution in [2.45, 2.75) is 49.8 Å². The van der Waals surface area contributed by atoms with Crippen LogP contribution in [0.4, 0.5) is 0 Å². The number of amides is 1. The van der Waals surface area contributed by atoms with E-state index in [0.29, 0.717) is 13.0 Å². The van der Waals surface area contributed by atoms with E-state index in [1.165, 1.54) is 4.31 Å². The molecule has 21 heavy (non-hydrogen) atoms. The van der Waals surface area contributed by atoms with E-state index in [-0.39, 0.29) is 11.2 Å². The van der Waals surface area contributed by atoms with Gasteiger partial charge in [0, 0.05) is 31.1 Å².